The zero-order chi connectivity index (χ0) is 15.2. The van der Waals surface area contributed by atoms with Crippen molar-refractivity contribution < 1.29 is 9.63 Å². The minimum atomic E-state index is -0.126. The van der Waals surface area contributed by atoms with Gasteiger partial charge in [-0.2, -0.15) is 0 Å². The van der Waals surface area contributed by atoms with Gasteiger partial charge in [0.15, 0.2) is 6.10 Å². The Morgan fingerprint density at radius 1 is 1.05 bits per heavy atom. The molecule has 0 saturated heterocycles. The summed E-state index contributed by atoms with van der Waals surface area (Å²) in [6.07, 6.45) is 8.92. The predicted molar refractivity (Wildman–Crippen MR) is 86.6 cm³/mol. The Hall–Kier alpha value is -1.84. The second-order valence-electron chi connectivity index (χ2n) is 6.26. The van der Waals surface area contributed by atoms with Crippen LogP contribution in [0.3, 0.4) is 0 Å². The molecule has 1 aliphatic heterocycles. The fourth-order valence-electron chi connectivity index (χ4n) is 3.23. The van der Waals surface area contributed by atoms with Gasteiger partial charge in [0.1, 0.15) is 5.71 Å². The predicted octanol–water partition coefficient (Wildman–Crippen LogP) is 3.73. The largest absolute Gasteiger partial charge is 0.387 e. The van der Waals surface area contributed by atoms with Crippen molar-refractivity contribution in [2.75, 3.05) is 0 Å². The number of nitrogens with zero attached hydrogens (tertiary/aromatic N) is 1. The summed E-state index contributed by atoms with van der Waals surface area (Å²) in [4.78, 5) is 17.8. The van der Waals surface area contributed by atoms with Gasteiger partial charge in [0.2, 0.25) is 0 Å². The van der Waals surface area contributed by atoms with Crippen molar-refractivity contribution in [3.63, 3.8) is 0 Å². The normalized spacial score (nSPS) is 23.1. The third kappa shape index (κ3) is 3.87. The van der Waals surface area contributed by atoms with Crippen molar-refractivity contribution in [1.29, 1.82) is 0 Å². The summed E-state index contributed by atoms with van der Waals surface area (Å²) in [7, 11) is 0. The van der Waals surface area contributed by atoms with E-state index < -0.39 is 0 Å². The number of hydrogen-bond donors (Lipinski definition) is 1. The summed E-state index contributed by atoms with van der Waals surface area (Å²) in [6.45, 7) is 0. The quantitative estimate of drug-likeness (QED) is 0.924. The smallest absolute Gasteiger partial charge is 0.269 e. The van der Waals surface area contributed by atoms with Crippen molar-refractivity contribution >= 4 is 11.6 Å². The minimum Gasteiger partial charge on any atom is -0.387 e. The average molecular weight is 300 g/mol. The van der Waals surface area contributed by atoms with Gasteiger partial charge < -0.3 is 10.2 Å². The van der Waals surface area contributed by atoms with Crippen molar-refractivity contribution in [3.05, 3.63) is 35.9 Å². The SMILES string of the molecule is O=C(NC1CCCCCCC1)C1=NOC(c2ccccc2)C1. The third-order valence-corrected chi connectivity index (χ3v) is 4.54. The standard InChI is InChI=1S/C18H24N2O2/c21-18(19-15-11-7-2-1-3-8-12-15)16-13-17(22-20-16)14-9-5-4-6-10-14/h4-6,9-10,15,17H,1-3,7-8,11-13H2,(H,19,21). The van der Waals surface area contributed by atoms with E-state index in [0.29, 0.717) is 18.2 Å². The highest BCUT2D eigenvalue weighted by atomic mass is 16.6. The Morgan fingerprint density at radius 2 is 1.73 bits per heavy atom. The molecule has 1 aromatic rings. The molecule has 4 heteroatoms. The number of rotatable bonds is 3. The highest BCUT2D eigenvalue weighted by molar-refractivity contribution is 6.39. The molecule has 4 nitrogen and oxygen atoms in total. The van der Waals surface area contributed by atoms with Gasteiger partial charge in [-0.15, -0.1) is 0 Å². The van der Waals surface area contributed by atoms with Crippen LogP contribution in [0.25, 0.3) is 0 Å². The first-order valence-electron chi connectivity index (χ1n) is 8.41. The topological polar surface area (TPSA) is 50.7 Å². The lowest BCUT2D eigenvalue weighted by molar-refractivity contribution is -0.115. The molecule has 0 aromatic heterocycles. The van der Waals surface area contributed by atoms with Gasteiger partial charge in [0.05, 0.1) is 0 Å². The molecule has 118 valence electrons. The second-order valence-corrected chi connectivity index (χ2v) is 6.26. The maximum atomic E-state index is 12.4. The van der Waals surface area contributed by atoms with Gasteiger partial charge in [-0.25, -0.2) is 0 Å². The van der Waals surface area contributed by atoms with Crippen LogP contribution in [0, 0.1) is 0 Å². The van der Waals surface area contributed by atoms with Crippen LogP contribution < -0.4 is 5.32 Å². The summed E-state index contributed by atoms with van der Waals surface area (Å²) >= 11 is 0. The van der Waals surface area contributed by atoms with Crippen LogP contribution in [0.4, 0.5) is 0 Å². The summed E-state index contributed by atoms with van der Waals surface area (Å²) in [5.74, 6) is -0.0518. The number of oxime groups is 1. The molecule has 0 radical (unpaired) electrons. The Balaban J connectivity index is 1.52. The van der Waals surface area contributed by atoms with E-state index in [1.165, 1.54) is 32.1 Å². The van der Waals surface area contributed by atoms with Crippen LogP contribution in [0.5, 0.6) is 0 Å². The van der Waals surface area contributed by atoms with Gasteiger partial charge in [-0.1, -0.05) is 67.6 Å². The molecule has 1 heterocycles. The molecule has 0 spiro atoms. The molecule has 1 N–H and O–H groups in total. The van der Waals surface area contributed by atoms with Gasteiger partial charge in [0, 0.05) is 12.5 Å². The monoisotopic (exact) mass is 300 g/mol. The number of nitrogens with one attached hydrogen (secondary N) is 1. The lowest BCUT2D eigenvalue weighted by Gasteiger charge is -2.20. The van der Waals surface area contributed by atoms with E-state index in [4.69, 9.17) is 4.84 Å². The number of amides is 1. The number of carbonyl (C=O) groups is 1. The van der Waals surface area contributed by atoms with Crippen LogP contribution in [0.1, 0.15) is 63.0 Å². The fourth-order valence-corrected chi connectivity index (χ4v) is 3.23. The maximum absolute atomic E-state index is 12.4. The molecule has 1 aromatic carbocycles. The van der Waals surface area contributed by atoms with E-state index in [1.54, 1.807) is 0 Å². The zero-order valence-corrected chi connectivity index (χ0v) is 13.0. The molecule has 0 bridgehead atoms. The van der Waals surface area contributed by atoms with Crippen molar-refractivity contribution in [2.45, 2.75) is 63.5 Å². The van der Waals surface area contributed by atoms with Gasteiger partial charge in [-0.3, -0.25) is 4.79 Å². The van der Waals surface area contributed by atoms with Gasteiger partial charge in [0.25, 0.3) is 5.91 Å². The molecule has 1 amide bonds. The molecule has 3 rings (SSSR count). The summed E-state index contributed by atoms with van der Waals surface area (Å²) < 4.78 is 0. The summed E-state index contributed by atoms with van der Waals surface area (Å²) in [6, 6.07) is 10.2. The van der Waals surface area contributed by atoms with E-state index in [0.717, 1.165) is 18.4 Å². The van der Waals surface area contributed by atoms with Crippen molar-refractivity contribution in [3.8, 4) is 0 Å². The molecular formula is C18H24N2O2. The highest BCUT2D eigenvalue weighted by Gasteiger charge is 2.28. The van der Waals surface area contributed by atoms with E-state index >= 15 is 0 Å². The van der Waals surface area contributed by atoms with Gasteiger partial charge in [-0.05, 0) is 18.4 Å². The average Bonchev–Trinajstić information content (AvgIpc) is 3.01. The first kappa shape index (κ1) is 15.1. The van der Waals surface area contributed by atoms with Crippen LogP contribution in [-0.2, 0) is 9.63 Å². The van der Waals surface area contributed by atoms with Crippen LogP contribution >= 0.6 is 0 Å². The number of hydrogen-bond acceptors (Lipinski definition) is 3. The molecule has 22 heavy (non-hydrogen) atoms. The Morgan fingerprint density at radius 3 is 2.45 bits per heavy atom. The number of benzene rings is 1. The summed E-state index contributed by atoms with van der Waals surface area (Å²) in [5, 5.41) is 7.16. The van der Waals surface area contributed by atoms with Crippen molar-refractivity contribution in [1.82, 2.24) is 5.32 Å². The van der Waals surface area contributed by atoms with E-state index in [1.807, 2.05) is 30.3 Å². The van der Waals surface area contributed by atoms with Crippen molar-refractivity contribution in [2.24, 2.45) is 5.16 Å². The van der Waals surface area contributed by atoms with E-state index in [2.05, 4.69) is 10.5 Å². The third-order valence-electron chi connectivity index (χ3n) is 4.54. The number of carbonyl (C=O) groups excluding carboxylic acids is 1. The lowest BCUT2D eigenvalue weighted by atomic mass is 9.96. The molecule has 1 fully saturated rings. The minimum absolute atomic E-state index is 0.0518. The maximum Gasteiger partial charge on any atom is 0.269 e. The van der Waals surface area contributed by atoms with Crippen LogP contribution in [0.15, 0.2) is 35.5 Å². The molecule has 1 saturated carbocycles. The molecular weight excluding hydrogens is 276 g/mol. The molecule has 1 atom stereocenters. The molecule has 1 aliphatic carbocycles. The molecule has 1 unspecified atom stereocenters. The van der Waals surface area contributed by atoms with Crippen LogP contribution in [-0.4, -0.2) is 17.7 Å². The molecule has 2 aliphatic rings. The van der Waals surface area contributed by atoms with E-state index in [9.17, 15) is 4.79 Å². The van der Waals surface area contributed by atoms with E-state index in [-0.39, 0.29) is 12.0 Å². The van der Waals surface area contributed by atoms with Gasteiger partial charge >= 0.3 is 0 Å². The first-order chi connectivity index (χ1) is 10.8. The zero-order valence-electron chi connectivity index (χ0n) is 13.0. The fraction of sp³-hybridized carbons (Fsp3) is 0.556. The Kier molecular flexibility index (Phi) is 5.09. The second kappa shape index (κ2) is 7.43. The first-order valence-corrected chi connectivity index (χ1v) is 8.41. The van der Waals surface area contributed by atoms with Crippen LogP contribution in [0.2, 0.25) is 0 Å². The Labute approximate surface area is 131 Å². The summed E-state index contributed by atoms with van der Waals surface area (Å²) in [5.41, 5.74) is 1.59. The Bertz CT molecular complexity index is 519. The lowest BCUT2D eigenvalue weighted by Crippen LogP contribution is -2.39. The highest BCUT2D eigenvalue weighted by Crippen LogP contribution is 2.27.